The van der Waals surface area contributed by atoms with Crippen molar-refractivity contribution in [3.05, 3.63) is 45.1 Å². The predicted molar refractivity (Wildman–Crippen MR) is 116 cm³/mol. The summed E-state index contributed by atoms with van der Waals surface area (Å²) in [6.07, 6.45) is 8.95. The highest BCUT2D eigenvalue weighted by Crippen LogP contribution is 2.40. The molecular weight excluding hydrogens is 398 g/mol. The van der Waals surface area contributed by atoms with Gasteiger partial charge < -0.3 is 14.5 Å². The van der Waals surface area contributed by atoms with Gasteiger partial charge in [0.25, 0.3) is 5.56 Å². The molecule has 4 heterocycles. The van der Waals surface area contributed by atoms with Crippen LogP contribution in [0.15, 0.2) is 38.5 Å². The van der Waals surface area contributed by atoms with Gasteiger partial charge in [0.1, 0.15) is 5.65 Å². The largest absolute Gasteiger partial charge is 0.502 e. The molecule has 158 valence electrons. The van der Waals surface area contributed by atoms with E-state index in [2.05, 4.69) is 15.2 Å². The molecule has 6 rings (SSSR count). The van der Waals surface area contributed by atoms with E-state index in [1.807, 2.05) is 10.9 Å². The second kappa shape index (κ2) is 6.37. The molecule has 0 unspecified atom stereocenters. The topological polar surface area (TPSA) is 122 Å². The number of nitrogens with zero attached hydrogens (tertiary/aromatic N) is 3. The van der Waals surface area contributed by atoms with Crippen molar-refractivity contribution >= 4 is 33.1 Å². The number of furan rings is 1. The van der Waals surface area contributed by atoms with E-state index >= 15 is 0 Å². The zero-order chi connectivity index (χ0) is 21.3. The van der Waals surface area contributed by atoms with E-state index in [-0.39, 0.29) is 17.2 Å². The van der Waals surface area contributed by atoms with Crippen LogP contribution in [0.4, 0.5) is 0 Å². The molecule has 0 bridgehead atoms. The lowest BCUT2D eigenvalue weighted by molar-refractivity contribution is 0.335. The summed E-state index contributed by atoms with van der Waals surface area (Å²) < 4.78 is 9.60. The first-order valence-electron chi connectivity index (χ1n) is 10.5. The van der Waals surface area contributed by atoms with Gasteiger partial charge in [-0.15, -0.1) is 0 Å². The van der Waals surface area contributed by atoms with Crippen molar-refractivity contribution in [1.29, 1.82) is 0 Å². The van der Waals surface area contributed by atoms with Crippen molar-refractivity contribution in [2.45, 2.75) is 38.1 Å². The number of pyridine rings is 1. The number of aromatic nitrogens is 5. The van der Waals surface area contributed by atoms with Crippen LogP contribution in [0.3, 0.4) is 0 Å². The van der Waals surface area contributed by atoms with Crippen molar-refractivity contribution in [3.8, 4) is 16.9 Å². The van der Waals surface area contributed by atoms with Gasteiger partial charge in [-0.1, -0.05) is 19.3 Å². The van der Waals surface area contributed by atoms with E-state index in [4.69, 9.17) is 4.42 Å². The predicted octanol–water partition coefficient (Wildman–Crippen LogP) is 3.53. The summed E-state index contributed by atoms with van der Waals surface area (Å²) in [6, 6.07) is 3.16. The minimum Gasteiger partial charge on any atom is -0.502 e. The quantitative estimate of drug-likeness (QED) is 0.404. The number of aromatic amines is 2. The fourth-order valence-corrected chi connectivity index (χ4v) is 4.90. The van der Waals surface area contributed by atoms with Gasteiger partial charge in [-0.05, 0) is 25.0 Å². The summed E-state index contributed by atoms with van der Waals surface area (Å²) in [7, 11) is 1.80. The molecule has 1 aliphatic carbocycles. The zero-order valence-electron chi connectivity index (χ0n) is 16.9. The van der Waals surface area contributed by atoms with Gasteiger partial charge in [0.15, 0.2) is 11.2 Å². The summed E-state index contributed by atoms with van der Waals surface area (Å²) in [5, 5.41) is 18.7. The van der Waals surface area contributed by atoms with Crippen LogP contribution >= 0.6 is 0 Å². The van der Waals surface area contributed by atoms with Crippen molar-refractivity contribution in [2.24, 2.45) is 7.05 Å². The minimum atomic E-state index is -0.511. The number of aromatic hydroxyl groups is 1. The third-order valence-electron chi connectivity index (χ3n) is 6.38. The number of aryl methyl sites for hydroxylation is 1. The third kappa shape index (κ3) is 2.52. The molecule has 9 nitrogen and oxygen atoms in total. The lowest BCUT2D eigenvalue weighted by Crippen LogP contribution is -2.16. The molecule has 0 aliphatic heterocycles. The normalized spacial score (nSPS) is 15.5. The van der Waals surface area contributed by atoms with Gasteiger partial charge in [-0.25, -0.2) is 0 Å². The van der Waals surface area contributed by atoms with Crippen molar-refractivity contribution in [2.75, 3.05) is 0 Å². The van der Waals surface area contributed by atoms with Crippen molar-refractivity contribution < 1.29 is 9.52 Å². The summed E-state index contributed by atoms with van der Waals surface area (Å²) >= 11 is 0. The molecule has 31 heavy (non-hydrogen) atoms. The number of benzene rings is 1. The highest BCUT2D eigenvalue weighted by molar-refractivity contribution is 6.15. The Hall–Kier alpha value is -3.75. The summed E-state index contributed by atoms with van der Waals surface area (Å²) in [5.74, 6) is -0.437. The maximum absolute atomic E-state index is 13.2. The Kier molecular flexibility index (Phi) is 3.71. The van der Waals surface area contributed by atoms with Crippen LogP contribution in [-0.4, -0.2) is 29.7 Å². The van der Waals surface area contributed by atoms with Crippen LogP contribution in [0.25, 0.3) is 44.2 Å². The molecule has 3 N–H and O–H groups in total. The molecule has 9 heteroatoms. The summed E-state index contributed by atoms with van der Waals surface area (Å²) in [5.41, 5.74) is 2.41. The third-order valence-corrected chi connectivity index (χ3v) is 6.38. The monoisotopic (exact) mass is 419 g/mol. The Morgan fingerprint density at radius 2 is 1.97 bits per heavy atom. The van der Waals surface area contributed by atoms with E-state index in [1.165, 1.54) is 12.5 Å². The van der Waals surface area contributed by atoms with Crippen LogP contribution in [0, 0.1) is 0 Å². The van der Waals surface area contributed by atoms with E-state index < -0.39 is 11.2 Å². The Balaban J connectivity index is 1.80. The molecule has 4 aromatic heterocycles. The fraction of sp³-hybridized carbons (Fsp3) is 0.318. The number of phenols is 1. The number of H-pyrrole nitrogens is 2. The lowest BCUT2D eigenvalue weighted by Gasteiger charge is -2.23. The van der Waals surface area contributed by atoms with Gasteiger partial charge in [-0.3, -0.25) is 24.1 Å². The summed E-state index contributed by atoms with van der Waals surface area (Å²) in [4.78, 5) is 28.5. The van der Waals surface area contributed by atoms with Crippen LogP contribution in [0.2, 0.25) is 0 Å². The van der Waals surface area contributed by atoms with Crippen LogP contribution in [-0.2, 0) is 7.05 Å². The van der Waals surface area contributed by atoms with Crippen LogP contribution in [0.5, 0.6) is 5.75 Å². The maximum atomic E-state index is 13.2. The Labute approximate surface area is 174 Å². The van der Waals surface area contributed by atoms with Crippen LogP contribution < -0.4 is 11.0 Å². The van der Waals surface area contributed by atoms with Gasteiger partial charge in [-0.2, -0.15) is 5.10 Å². The van der Waals surface area contributed by atoms with Gasteiger partial charge >= 0.3 is 0 Å². The number of hydrogen-bond acceptors (Lipinski definition) is 5. The standard InChI is InChI=1S/C22H21N5O4/c1-26-10-11(9-23-26)15-16-21(27(25-22(16)30)12-5-3-2-4-6-12)24-17-13-7-8-14(28)18(29)19(13)31-20(15)17/h7-10,12,24,29H,2-6H2,1H3,(H,25,30). The molecule has 1 fully saturated rings. The first-order chi connectivity index (χ1) is 15.0. The molecule has 1 aliphatic rings. The average Bonchev–Trinajstić information content (AvgIpc) is 3.46. The number of hydrogen-bond donors (Lipinski definition) is 3. The second-order valence-corrected chi connectivity index (χ2v) is 8.32. The molecule has 0 spiro atoms. The second-order valence-electron chi connectivity index (χ2n) is 8.32. The molecular formula is C22H21N5O4. The molecule has 5 aromatic rings. The maximum Gasteiger partial charge on any atom is 0.274 e. The average molecular weight is 419 g/mol. The first kappa shape index (κ1) is 18.1. The van der Waals surface area contributed by atoms with Crippen molar-refractivity contribution in [3.63, 3.8) is 0 Å². The van der Waals surface area contributed by atoms with Crippen LogP contribution in [0.1, 0.15) is 38.1 Å². The van der Waals surface area contributed by atoms with Gasteiger partial charge in [0.05, 0.1) is 23.1 Å². The van der Waals surface area contributed by atoms with Gasteiger partial charge in [0, 0.05) is 29.8 Å². The Morgan fingerprint density at radius 3 is 2.71 bits per heavy atom. The molecule has 0 radical (unpaired) electrons. The SMILES string of the molecule is Cn1cc(-c2c3oc4c(O)c(=O)ccc4c3[nH]c3c2c(=O)[nH]n3C2CCCCC2)cn1. The number of phenolic OH excluding ortho intramolecular Hbond substituents is 1. The van der Waals surface area contributed by atoms with E-state index in [9.17, 15) is 14.7 Å². The molecule has 0 atom stereocenters. The lowest BCUT2D eigenvalue weighted by atomic mass is 9.95. The zero-order valence-corrected chi connectivity index (χ0v) is 16.9. The molecule has 1 aromatic carbocycles. The fourth-order valence-electron chi connectivity index (χ4n) is 4.90. The smallest absolute Gasteiger partial charge is 0.274 e. The van der Waals surface area contributed by atoms with Gasteiger partial charge in [0.2, 0.25) is 11.2 Å². The van der Waals surface area contributed by atoms with E-state index in [0.717, 1.165) is 31.2 Å². The number of rotatable bonds is 2. The highest BCUT2D eigenvalue weighted by atomic mass is 16.4. The van der Waals surface area contributed by atoms with Crippen molar-refractivity contribution in [1.82, 2.24) is 24.5 Å². The molecule has 0 saturated heterocycles. The number of nitrogens with one attached hydrogen (secondary N) is 2. The molecule has 1 saturated carbocycles. The number of fused-ring (bicyclic) bond motifs is 4. The Bertz CT molecular complexity index is 1590. The van der Waals surface area contributed by atoms with E-state index in [0.29, 0.717) is 33.1 Å². The Morgan fingerprint density at radius 1 is 1.16 bits per heavy atom. The first-order valence-corrected chi connectivity index (χ1v) is 10.5. The summed E-state index contributed by atoms with van der Waals surface area (Å²) in [6.45, 7) is 0. The van der Waals surface area contributed by atoms with E-state index in [1.54, 1.807) is 24.0 Å². The highest BCUT2D eigenvalue weighted by Gasteiger charge is 2.26. The minimum absolute atomic E-state index is 0.109. The molecule has 0 amide bonds.